The van der Waals surface area contributed by atoms with E-state index in [0.717, 1.165) is 17.2 Å². The lowest BCUT2D eigenvalue weighted by atomic mass is 10.1. The molecule has 0 aliphatic carbocycles. The lowest BCUT2D eigenvalue weighted by molar-refractivity contribution is -0.176. The molecule has 7 nitrogen and oxygen atoms in total. The summed E-state index contributed by atoms with van der Waals surface area (Å²) in [6, 6.07) is 7.15. The van der Waals surface area contributed by atoms with Crippen LogP contribution in [0.15, 0.2) is 29.3 Å². The number of halogens is 3. The van der Waals surface area contributed by atoms with Crippen LogP contribution >= 0.6 is 0 Å². The first-order valence-electron chi connectivity index (χ1n) is 8.30. The molecule has 1 aromatic carbocycles. The Labute approximate surface area is 155 Å². The van der Waals surface area contributed by atoms with Gasteiger partial charge >= 0.3 is 6.18 Å². The van der Waals surface area contributed by atoms with Crippen molar-refractivity contribution in [2.24, 2.45) is 12.0 Å². The van der Waals surface area contributed by atoms with E-state index in [1.165, 1.54) is 0 Å². The minimum absolute atomic E-state index is 0.0758. The number of nitrogens with zero attached hydrogens (tertiary/aromatic N) is 4. The topological polar surface area (TPSA) is 76.4 Å². The van der Waals surface area contributed by atoms with Gasteiger partial charge < -0.3 is 19.9 Å². The summed E-state index contributed by atoms with van der Waals surface area (Å²) in [6.45, 7) is 1.55. The van der Waals surface area contributed by atoms with Crippen molar-refractivity contribution in [2.45, 2.75) is 32.8 Å². The van der Waals surface area contributed by atoms with Gasteiger partial charge in [0.15, 0.2) is 11.8 Å². The molecule has 2 N–H and O–H groups in total. The Morgan fingerprint density at radius 2 is 1.74 bits per heavy atom. The largest absolute Gasteiger partial charge is 0.411 e. The average molecular weight is 384 g/mol. The fourth-order valence-corrected chi connectivity index (χ4v) is 2.21. The van der Waals surface area contributed by atoms with Gasteiger partial charge in [-0.05, 0) is 18.1 Å². The van der Waals surface area contributed by atoms with Gasteiger partial charge in [-0.1, -0.05) is 24.3 Å². The fraction of sp³-hybridized carbons (Fsp3) is 0.471. The smallest absolute Gasteiger partial charge is 0.367 e. The van der Waals surface area contributed by atoms with Crippen LogP contribution in [0.1, 0.15) is 22.8 Å². The Hall–Kier alpha value is -2.62. The van der Waals surface area contributed by atoms with Crippen LogP contribution in [0.25, 0.3) is 0 Å². The van der Waals surface area contributed by atoms with Gasteiger partial charge in [-0.3, -0.25) is 4.99 Å². The van der Waals surface area contributed by atoms with Crippen molar-refractivity contribution >= 4 is 5.96 Å². The molecule has 0 fully saturated rings. The normalized spacial score (nSPS) is 12.3. The van der Waals surface area contributed by atoms with Gasteiger partial charge in [0.05, 0.1) is 13.2 Å². The molecule has 0 radical (unpaired) electrons. The number of aromatic nitrogens is 3. The summed E-state index contributed by atoms with van der Waals surface area (Å²) in [5, 5.41) is 14.4. The van der Waals surface area contributed by atoms with E-state index < -0.39 is 12.8 Å². The molecule has 2 aromatic rings. The Bertz CT molecular complexity index is 755. The van der Waals surface area contributed by atoms with Crippen molar-refractivity contribution in [2.75, 3.05) is 13.7 Å². The summed E-state index contributed by atoms with van der Waals surface area (Å²) in [7, 11) is 3.56. The van der Waals surface area contributed by atoms with Crippen LogP contribution in [0.5, 0.6) is 0 Å². The Morgan fingerprint density at radius 1 is 1.11 bits per heavy atom. The van der Waals surface area contributed by atoms with Crippen LogP contribution in [-0.2, 0) is 31.5 Å². The number of hydrogen-bond acceptors (Lipinski definition) is 4. The zero-order chi connectivity index (χ0) is 19.9. The molecule has 0 unspecified atom stereocenters. The van der Waals surface area contributed by atoms with E-state index in [9.17, 15) is 13.2 Å². The van der Waals surface area contributed by atoms with E-state index in [1.807, 2.05) is 30.7 Å². The molecular formula is C17H23F3N6O. The van der Waals surface area contributed by atoms with Gasteiger partial charge in [0.25, 0.3) is 0 Å². The quantitative estimate of drug-likeness (QED) is 0.565. The summed E-state index contributed by atoms with van der Waals surface area (Å²) < 4.78 is 42.7. The first-order chi connectivity index (χ1) is 12.8. The van der Waals surface area contributed by atoms with Gasteiger partial charge in [0, 0.05) is 20.6 Å². The molecule has 0 spiro atoms. The number of ether oxygens (including phenoxy) is 1. The summed E-state index contributed by atoms with van der Waals surface area (Å²) in [6.07, 6.45) is -4.31. The van der Waals surface area contributed by atoms with E-state index in [0.29, 0.717) is 24.6 Å². The van der Waals surface area contributed by atoms with Gasteiger partial charge in [-0.25, -0.2) is 0 Å². The molecule has 1 aromatic heterocycles. The van der Waals surface area contributed by atoms with Crippen molar-refractivity contribution in [1.82, 2.24) is 25.4 Å². The van der Waals surface area contributed by atoms with Crippen LogP contribution < -0.4 is 10.6 Å². The fourth-order valence-electron chi connectivity index (χ4n) is 2.21. The molecule has 27 heavy (non-hydrogen) atoms. The number of guanidine groups is 1. The number of aliphatic imine (C=N–C) groups is 1. The SMILES string of the molecule is CN=C(NCc1ccc(COCC(F)(F)F)cc1)NCc1nnc(C)n1C. The van der Waals surface area contributed by atoms with Gasteiger partial charge in [-0.15, -0.1) is 10.2 Å². The third-order valence-corrected chi connectivity index (χ3v) is 3.84. The van der Waals surface area contributed by atoms with Crippen LogP contribution in [-0.4, -0.2) is 40.6 Å². The average Bonchev–Trinajstić information content (AvgIpc) is 2.94. The Morgan fingerprint density at radius 3 is 2.30 bits per heavy atom. The molecule has 2 rings (SSSR count). The maximum Gasteiger partial charge on any atom is 0.411 e. The zero-order valence-corrected chi connectivity index (χ0v) is 15.5. The van der Waals surface area contributed by atoms with E-state index in [-0.39, 0.29) is 6.61 Å². The van der Waals surface area contributed by atoms with E-state index in [1.54, 1.807) is 19.2 Å². The highest BCUT2D eigenvalue weighted by atomic mass is 19.4. The first kappa shape index (κ1) is 20.7. The molecule has 0 atom stereocenters. The van der Waals surface area contributed by atoms with Crippen molar-refractivity contribution in [3.63, 3.8) is 0 Å². The molecule has 0 aliphatic rings. The Balaban J connectivity index is 1.78. The predicted molar refractivity (Wildman–Crippen MR) is 94.9 cm³/mol. The molecule has 148 valence electrons. The molecule has 0 amide bonds. The van der Waals surface area contributed by atoms with Gasteiger partial charge in [0.1, 0.15) is 12.4 Å². The maximum atomic E-state index is 12.1. The summed E-state index contributed by atoms with van der Waals surface area (Å²) in [5.41, 5.74) is 1.65. The first-order valence-corrected chi connectivity index (χ1v) is 8.30. The number of benzene rings is 1. The van der Waals surface area contributed by atoms with E-state index in [4.69, 9.17) is 0 Å². The lowest BCUT2D eigenvalue weighted by Gasteiger charge is -2.12. The van der Waals surface area contributed by atoms with Crippen molar-refractivity contribution in [1.29, 1.82) is 0 Å². The van der Waals surface area contributed by atoms with Crippen LogP contribution in [0.3, 0.4) is 0 Å². The lowest BCUT2D eigenvalue weighted by Crippen LogP contribution is -2.36. The number of hydrogen-bond donors (Lipinski definition) is 2. The zero-order valence-electron chi connectivity index (χ0n) is 15.5. The van der Waals surface area contributed by atoms with Crippen molar-refractivity contribution in [3.8, 4) is 0 Å². The van der Waals surface area contributed by atoms with Crippen LogP contribution in [0, 0.1) is 6.92 Å². The standard InChI is InChI=1S/C17H23F3N6O/c1-12-24-25-15(26(12)3)9-23-16(21-2)22-8-13-4-6-14(7-5-13)10-27-11-17(18,19)20/h4-7H,8-11H2,1-3H3,(H2,21,22,23). The molecule has 0 saturated carbocycles. The summed E-state index contributed by atoms with van der Waals surface area (Å²) in [5.74, 6) is 2.22. The van der Waals surface area contributed by atoms with E-state index in [2.05, 4.69) is 30.6 Å². The highest BCUT2D eigenvalue weighted by molar-refractivity contribution is 5.79. The second-order valence-corrected chi connectivity index (χ2v) is 5.93. The number of nitrogens with one attached hydrogen (secondary N) is 2. The van der Waals surface area contributed by atoms with Crippen LogP contribution in [0.4, 0.5) is 13.2 Å². The summed E-state index contributed by atoms with van der Waals surface area (Å²) >= 11 is 0. The highest BCUT2D eigenvalue weighted by Gasteiger charge is 2.27. The molecule has 0 bridgehead atoms. The molecule has 10 heteroatoms. The molecule has 1 heterocycles. The van der Waals surface area contributed by atoms with Crippen molar-refractivity contribution in [3.05, 3.63) is 47.0 Å². The van der Waals surface area contributed by atoms with Crippen LogP contribution in [0.2, 0.25) is 0 Å². The number of aryl methyl sites for hydroxylation is 1. The monoisotopic (exact) mass is 384 g/mol. The number of rotatable bonds is 7. The highest BCUT2D eigenvalue weighted by Crippen LogP contribution is 2.15. The minimum atomic E-state index is -4.31. The molecule has 0 aliphatic heterocycles. The Kier molecular flexibility index (Phi) is 7.17. The summed E-state index contributed by atoms with van der Waals surface area (Å²) in [4.78, 5) is 4.15. The third kappa shape index (κ3) is 6.89. The maximum absolute atomic E-state index is 12.1. The second kappa shape index (κ2) is 9.36. The minimum Gasteiger partial charge on any atom is -0.367 e. The third-order valence-electron chi connectivity index (χ3n) is 3.84. The number of alkyl halides is 3. The molecule has 0 saturated heterocycles. The molecular weight excluding hydrogens is 361 g/mol. The second-order valence-electron chi connectivity index (χ2n) is 5.93. The predicted octanol–water partition coefficient (Wildman–Crippen LogP) is 2.07. The van der Waals surface area contributed by atoms with Gasteiger partial charge in [-0.2, -0.15) is 13.2 Å². The van der Waals surface area contributed by atoms with Gasteiger partial charge in [0.2, 0.25) is 0 Å². The van der Waals surface area contributed by atoms with E-state index >= 15 is 0 Å². The van der Waals surface area contributed by atoms with Crippen molar-refractivity contribution < 1.29 is 17.9 Å².